The van der Waals surface area contributed by atoms with E-state index in [9.17, 15) is 9.59 Å². The van der Waals surface area contributed by atoms with Crippen molar-refractivity contribution in [3.63, 3.8) is 0 Å². The van der Waals surface area contributed by atoms with Gasteiger partial charge in [0.1, 0.15) is 11.6 Å². The molecule has 0 spiro atoms. The van der Waals surface area contributed by atoms with E-state index < -0.39 is 23.7 Å². The number of amides is 1. The van der Waals surface area contributed by atoms with Crippen molar-refractivity contribution < 1.29 is 19.4 Å². The van der Waals surface area contributed by atoms with Crippen molar-refractivity contribution >= 4 is 12.1 Å². The van der Waals surface area contributed by atoms with E-state index in [1.54, 1.807) is 20.8 Å². The monoisotopic (exact) mass is 246 g/mol. The molecular weight excluding hydrogens is 224 g/mol. The lowest BCUT2D eigenvalue weighted by atomic mass is 10.2. The molecule has 0 aromatic heterocycles. The van der Waals surface area contributed by atoms with Crippen LogP contribution in [0.1, 0.15) is 34.1 Å². The Morgan fingerprint density at radius 2 is 1.94 bits per heavy atom. The number of carbonyl (C=O) groups is 2. The second kappa shape index (κ2) is 6.44. The maximum Gasteiger partial charge on any atom is 0.411 e. The fraction of sp³-hybridized carbons (Fsp3) is 0.818. The minimum absolute atomic E-state index is 0.277. The average Bonchev–Trinajstić information content (AvgIpc) is 2.15. The van der Waals surface area contributed by atoms with Crippen LogP contribution >= 0.6 is 0 Å². The van der Waals surface area contributed by atoms with E-state index in [1.807, 2.05) is 0 Å². The molecule has 100 valence electrons. The van der Waals surface area contributed by atoms with Gasteiger partial charge in [0, 0.05) is 6.54 Å². The minimum Gasteiger partial charge on any atom is -0.480 e. The zero-order valence-electron chi connectivity index (χ0n) is 10.9. The molecule has 6 heteroatoms. The predicted molar refractivity (Wildman–Crippen MR) is 63.7 cm³/mol. The van der Waals surface area contributed by atoms with Gasteiger partial charge in [0.2, 0.25) is 0 Å². The molecule has 1 atom stereocenters. The van der Waals surface area contributed by atoms with Crippen molar-refractivity contribution in [2.45, 2.75) is 45.8 Å². The number of hydrogen-bond acceptors (Lipinski definition) is 4. The summed E-state index contributed by atoms with van der Waals surface area (Å²) in [6, 6.07) is -0.920. The fourth-order valence-electron chi connectivity index (χ4n) is 1.16. The van der Waals surface area contributed by atoms with Crippen LogP contribution in [0.4, 0.5) is 4.79 Å². The summed E-state index contributed by atoms with van der Waals surface area (Å²) in [5.74, 6) is -1.06. The molecule has 0 unspecified atom stereocenters. The van der Waals surface area contributed by atoms with E-state index in [2.05, 4.69) is 0 Å². The first-order chi connectivity index (χ1) is 7.69. The molecule has 0 radical (unpaired) electrons. The number of hydrogen-bond donors (Lipinski definition) is 2. The molecule has 0 saturated carbocycles. The number of carbonyl (C=O) groups excluding carboxylic acids is 1. The summed E-state index contributed by atoms with van der Waals surface area (Å²) >= 11 is 0. The summed E-state index contributed by atoms with van der Waals surface area (Å²) in [5.41, 5.74) is 4.71. The number of carboxylic acids is 1. The van der Waals surface area contributed by atoms with Gasteiger partial charge < -0.3 is 15.6 Å². The Morgan fingerprint density at radius 1 is 1.41 bits per heavy atom. The zero-order chi connectivity index (χ0) is 13.6. The van der Waals surface area contributed by atoms with Crippen molar-refractivity contribution in [2.24, 2.45) is 5.73 Å². The van der Waals surface area contributed by atoms with E-state index in [1.165, 1.54) is 11.8 Å². The van der Waals surface area contributed by atoms with Crippen LogP contribution in [0.15, 0.2) is 0 Å². The normalized spacial score (nSPS) is 13.0. The van der Waals surface area contributed by atoms with Crippen molar-refractivity contribution in [1.29, 1.82) is 0 Å². The third-order valence-corrected chi connectivity index (χ3v) is 2.06. The van der Waals surface area contributed by atoms with Crippen LogP contribution in [0, 0.1) is 0 Å². The van der Waals surface area contributed by atoms with Crippen LogP contribution in [0.3, 0.4) is 0 Å². The summed E-state index contributed by atoms with van der Waals surface area (Å²) in [7, 11) is 0. The van der Waals surface area contributed by atoms with Gasteiger partial charge in [-0.2, -0.15) is 0 Å². The molecule has 0 saturated heterocycles. The molecule has 0 fully saturated rings. The average molecular weight is 246 g/mol. The zero-order valence-corrected chi connectivity index (χ0v) is 10.9. The molecule has 0 aromatic carbocycles. The molecule has 0 aromatic rings. The standard InChI is InChI=1S/C11H22N2O4/c1-8(9(14)15)13(7-5-6-12)10(16)17-11(2,3)4/h8H,5-7,12H2,1-4H3,(H,14,15)/t8-/m0/s1. The lowest BCUT2D eigenvalue weighted by Crippen LogP contribution is -2.46. The number of nitrogens with zero attached hydrogens (tertiary/aromatic N) is 1. The van der Waals surface area contributed by atoms with Crippen LogP contribution in [0.2, 0.25) is 0 Å². The van der Waals surface area contributed by atoms with Gasteiger partial charge in [-0.25, -0.2) is 9.59 Å². The summed E-state index contributed by atoms with van der Waals surface area (Å²) in [5, 5.41) is 8.92. The fourth-order valence-corrected chi connectivity index (χ4v) is 1.16. The molecule has 0 bridgehead atoms. The maximum absolute atomic E-state index is 11.8. The molecule has 0 aliphatic carbocycles. The van der Waals surface area contributed by atoms with Gasteiger partial charge in [-0.3, -0.25) is 4.90 Å². The van der Waals surface area contributed by atoms with Crippen molar-refractivity contribution in [1.82, 2.24) is 4.90 Å². The van der Waals surface area contributed by atoms with Gasteiger partial charge in [0.15, 0.2) is 0 Å². The third-order valence-electron chi connectivity index (χ3n) is 2.06. The molecule has 3 N–H and O–H groups in total. The Labute approximate surface area is 102 Å². The number of carboxylic acid groups (broad SMARTS) is 1. The van der Waals surface area contributed by atoms with Crippen LogP contribution < -0.4 is 5.73 Å². The summed E-state index contributed by atoms with van der Waals surface area (Å²) in [4.78, 5) is 23.9. The first-order valence-electron chi connectivity index (χ1n) is 5.61. The van der Waals surface area contributed by atoms with Crippen LogP contribution in [0.25, 0.3) is 0 Å². The third kappa shape index (κ3) is 6.11. The van der Waals surface area contributed by atoms with Crippen molar-refractivity contribution in [3.8, 4) is 0 Å². The van der Waals surface area contributed by atoms with Crippen LogP contribution in [-0.4, -0.2) is 46.8 Å². The van der Waals surface area contributed by atoms with Crippen LogP contribution in [0.5, 0.6) is 0 Å². The Kier molecular flexibility index (Phi) is 5.95. The van der Waals surface area contributed by atoms with E-state index in [-0.39, 0.29) is 6.54 Å². The van der Waals surface area contributed by atoms with Crippen molar-refractivity contribution in [2.75, 3.05) is 13.1 Å². The first kappa shape index (κ1) is 15.7. The van der Waals surface area contributed by atoms with Gasteiger partial charge >= 0.3 is 12.1 Å². The smallest absolute Gasteiger partial charge is 0.411 e. The first-order valence-corrected chi connectivity index (χ1v) is 5.61. The highest BCUT2D eigenvalue weighted by Gasteiger charge is 2.29. The number of nitrogens with two attached hydrogens (primary N) is 1. The quantitative estimate of drug-likeness (QED) is 0.756. The molecule has 0 aliphatic rings. The molecule has 0 aliphatic heterocycles. The second-order valence-electron chi connectivity index (χ2n) is 4.83. The Bertz CT molecular complexity index is 273. The Hall–Kier alpha value is -1.30. The van der Waals surface area contributed by atoms with Gasteiger partial charge in [0.25, 0.3) is 0 Å². The van der Waals surface area contributed by atoms with E-state index >= 15 is 0 Å². The topological polar surface area (TPSA) is 92.9 Å². The minimum atomic E-state index is -1.06. The SMILES string of the molecule is C[C@@H](C(=O)O)N(CCCN)C(=O)OC(C)(C)C. The largest absolute Gasteiger partial charge is 0.480 e. The number of ether oxygens (including phenoxy) is 1. The number of rotatable bonds is 5. The van der Waals surface area contributed by atoms with Gasteiger partial charge in [-0.05, 0) is 40.7 Å². The lowest BCUT2D eigenvalue weighted by molar-refractivity contribution is -0.142. The number of aliphatic carboxylic acids is 1. The Balaban J connectivity index is 4.67. The molecule has 6 nitrogen and oxygen atoms in total. The van der Waals surface area contributed by atoms with Gasteiger partial charge in [-0.1, -0.05) is 0 Å². The predicted octanol–water partition coefficient (Wildman–Crippen LogP) is 1.05. The maximum atomic E-state index is 11.8. The van der Waals surface area contributed by atoms with Crippen LogP contribution in [-0.2, 0) is 9.53 Å². The highest BCUT2D eigenvalue weighted by Crippen LogP contribution is 2.12. The summed E-state index contributed by atoms with van der Waals surface area (Å²) < 4.78 is 5.15. The molecule has 17 heavy (non-hydrogen) atoms. The second-order valence-corrected chi connectivity index (χ2v) is 4.83. The Morgan fingerprint density at radius 3 is 2.29 bits per heavy atom. The van der Waals surface area contributed by atoms with E-state index in [0.717, 1.165) is 0 Å². The van der Waals surface area contributed by atoms with E-state index in [0.29, 0.717) is 13.0 Å². The van der Waals surface area contributed by atoms with Gasteiger partial charge in [0.05, 0.1) is 0 Å². The van der Waals surface area contributed by atoms with Crippen molar-refractivity contribution in [3.05, 3.63) is 0 Å². The molecular formula is C11H22N2O4. The summed E-state index contributed by atoms with van der Waals surface area (Å²) in [6.07, 6.45) is -0.0857. The highest BCUT2D eigenvalue weighted by molar-refractivity contribution is 5.79. The molecule has 0 heterocycles. The highest BCUT2D eigenvalue weighted by atomic mass is 16.6. The van der Waals surface area contributed by atoms with E-state index in [4.69, 9.17) is 15.6 Å². The molecule has 1 amide bonds. The van der Waals surface area contributed by atoms with Gasteiger partial charge in [-0.15, -0.1) is 0 Å². The molecule has 0 rings (SSSR count). The summed E-state index contributed by atoms with van der Waals surface area (Å²) in [6.45, 7) is 7.32. The lowest BCUT2D eigenvalue weighted by Gasteiger charge is -2.29.